The van der Waals surface area contributed by atoms with Gasteiger partial charge in [0.1, 0.15) is 0 Å². The predicted molar refractivity (Wildman–Crippen MR) is 73.3 cm³/mol. The fraction of sp³-hybridized carbons (Fsp3) is 0.462. The first-order chi connectivity index (χ1) is 7.68. The molecule has 0 aliphatic carbocycles. The van der Waals surface area contributed by atoms with Gasteiger partial charge in [-0.15, -0.1) is 0 Å². The van der Waals surface area contributed by atoms with Crippen molar-refractivity contribution in [1.82, 2.24) is 10.6 Å². The molecular weight excluding hydrogens is 216 g/mol. The molecule has 16 heavy (non-hydrogen) atoms. The van der Waals surface area contributed by atoms with Crippen LogP contribution in [0, 0.1) is 5.92 Å². The number of nitrogens with one attached hydrogen (secondary N) is 2. The Morgan fingerprint density at radius 1 is 1.19 bits per heavy atom. The molecule has 0 heterocycles. The highest BCUT2D eigenvalue weighted by molar-refractivity contribution is 7.80. The first-order valence-corrected chi connectivity index (χ1v) is 6.15. The summed E-state index contributed by atoms with van der Waals surface area (Å²) in [5, 5.41) is 7.14. The predicted octanol–water partition coefficient (Wildman–Crippen LogP) is 2.70. The van der Waals surface area contributed by atoms with E-state index >= 15 is 0 Å². The van der Waals surface area contributed by atoms with Gasteiger partial charge in [0.2, 0.25) is 0 Å². The summed E-state index contributed by atoms with van der Waals surface area (Å²) in [5.41, 5.74) is 1.25. The van der Waals surface area contributed by atoms with Crippen LogP contribution in [0.2, 0.25) is 0 Å². The normalized spacial score (nSPS) is 10.2. The third kappa shape index (κ3) is 5.71. The zero-order valence-corrected chi connectivity index (χ0v) is 10.8. The molecular formula is C13H20N2S. The lowest BCUT2D eigenvalue weighted by Crippen LogP contribution is -2.35. The summed E-state index contributed by atoms with van der Waals surface area (Å²) < 4.78 is 0. The van der Waals surface area contributed by atoms with Gasteiger partial charge in [-0.2, -0.15) is 0 Å². The maximum Gasteiger partial charge on any atom is 0.166 e. The van der Waals surface area contributed by atoms with Crippen molar-refractivity contribution in [3.05, 3.63) is 35.9 Å². The Labute approximate surface area is 103 Å². The van der Waals surface area contributed by atoms with Gasteiger partial charge in [-0.1, -0.05) is 44.2 Å². The zero-order valence-electron chi connectivity index (χ0n) is 9.99. The summed E-state index contributed by atoms with van der Waals surface area (Å²) in [5.74, 6) is 0.712. The molecule has 0 saturated heterocycles. The molecule has 2 nitrogen and oxygen atoms in total. The van der Waals surface area contributed by atoms with E-state index in [1.807, 2.05) is 18.2 Å². The molecule has 0 amide bonds. The van der Waals surface area contributed by atoms with Gasteiger partial charge in [-0.05, 0) is 30.1 Å². The smallest absolute Gasteiger partial charge is 0.166 e. The van der Waals surface area contributed by atoms with Crippen molar-refractivity contribution in [2.45, 2.75) is 26.8 Å². The third-order valence-corrected chi connectivity index (χ3v) is 2.59. The molecule has 0 aromatic heterocycles. The van der Waals surface area contributed by atoms with E-state index in [4.69, 9.17) is 12.2 Å². The van der Waals surface area contributed by atoms with Gasteiger partial charge in [0, 0.05) is 13.1 Å². The van der Waals surface area contributed by atoms with Gasteiger partial charge in [0.25, 0.3) is 0 Å². The summed E-state index contributed by atoms with van der Waals surface area (Å²) in [4.78, 5) is 0. The lowest BCUT2D eigenvalue weighted by atomic mass is 10.1. The molecule has 1 aromatic rings. The second-order valence-electron chi connectivity index (χ2n) is 4.28. The molecule has 2 N–H and O–H groups in total. The van der Waals surface area contributed by atoms with E-state index in [9.17, 15) is 0 Å². The first kappa shape index (κ1) is 13.0. The molecule has 0 aliphatic rings. The Morgan fingerprint density at radius 3 is 2.50 bits per heavy atom. The lowest BCUT2D eigenvalue weighted by molar-refractivity contribution is 0.576. The van der Waals surface area contributed by atoms with Crippen molar-refractivity contribution in [2.75, 3.05) is 6.54 Å². The van der Waals surface area contributed by atoms with Crippen LogP contribution in [0.4, 0.5) is 0 Å². The summed E-state index contributed by atoms with van der Waals surface area (Å²) >= 11 is 5.18. The summed E-state index contributed by atoms with van der Waals surface area (Å²) in [6.45, 7) is 6.15. The molecule has 0 radical (unpaired) electrons. The van der Waals surface area contributed by atoms with Crippen molar-refractivity contribution < 1.29 is 0 Å². The van der Waals surface area contributed by atoms with Gasteiger partial charge in [0.15, 0.2) is 5.11 Å². The Balaban J connectivity index is 2.16. The molecule has 88 valence electrons. The molecule has 0 atom stereocenters. The number of hydrogen-bond donors (Lipinski definition) is 2. The average Bonchev–Trinajstić information content (AvgIpc) is 2.27. The van der Waals surface area contributed by atoms with Crippen LogP contribution in [0.15, 0.2) is 30.3 Å². The Morgan fingerprint density at radius 2 is 1.88 bits per heavy atom. The van der Waals surface area contributed by atoms with E-state index in [0.29, 0.717) is 5.92 Å². The highest BCUT2D eigenvalue weighted by atomic mass is 32.1. The summed E-state index contributed by atoms with van der Waals surface area (Å²) in [6.07, 6.45) is 1.15. The summed E-state index contributed by atoms with van der Waals surface area (Å²) in [6, 6.07) is 10.3. The van der Waals surface area contributed by atoms with Gasteiger partial charge < -0.3 is 10.6 Å². The monoisotopic (exact) mass is 236 g/mol. The maximum absolute atomic E-state index is 5.18. The van der Waals surface area contributed by atoms with Crippen molar-refractivity contribution in [3.63, 3.8) is 0 Å². The molecule has 0 spiro atoms. The van der Waals surface area contributed by atoms with Crippen LogP contribution < -0.4 is 10.6 Å². The van der Waals surface area contributed by atoms with Gasteiger partial charge in [-0.3, -0.25) is 0 Å². The highest BCUT2D eigenvalue weighted by Crippen LogP contribution is 1.98. The second-order valence-corrected chi connectivity index (χ2v) is 4.69. The van der Waals surface area contributed by atoms with E-state index in [0.717, 1.165) is 24.6 Å². The van der Waals surface area contributed by atoms with Crippen molar-refractivity contribution in [2.24, 2.45) is 5.92 Å². The topological polar surface area (TPSA) is 24.1 Å². The van der Waals surface area contributed by atoms with Gasteiger partial charge in [0.05, 0.1) is 0 Å². The molecule has 0 bridgehead atoms. The summed E-state index contributed by atoms with van der Waals surface area (Å²) in [7, 11) is 0. The van der Waals surface area contributed by atoms with Crippen LogP contribution in [-0.2, 0) is 6.54 Å². The van der Waals surface area contributed by atoms with Crippen LogP contribution in [0.25, 0.3) is 0 Å². The molecule has 1 rings (SSSR count). The van der Waals surface area contributed by atoms with Crippen LogP contribution >= 0.6 is 12.2 Å². The molecule has 0 unspecified atom stereocenters. The Kier molecular flexibility index (Phi) is 5.86. The van der Waals surface area contributed by atoms with Crippen molar-refractivity contribution in [1.29, 1.82) is 0 Å². The van der Waals surface area contributed by atoms with E-state index in [1.165, 1.54) is 5.56 Å². The zero-order chi connectivity index (χ0) is 11.8. The SMILES string of the molecule is CC(C)CCNC(=S)NCc1ccccc1. The van der Waals surface area contributed by atoms with Crippen LogP contribution in [0.5, 0.6) is 0 Å². The Bertz CT molecular complexity index is 309. The minimum absolute atomic E-state index is 0.712. The van der Waals surface area contributed by atoms with Gasteiger partial charge >= 0.3 is 0 Å². The average molecular weight is 236 g/mol. The third-order valence-electron chi connectivity index (χ3n) is 2.30. The molecule has 3 heteroatoms. The Hall–Kier alpha value is -1.09. The number of rotatable bonds is 5. The number of benzene rings is 1. The van der Waals surface area contributed by atoms with Crippen LogP contribution in [0.3, 0.4) is 0 Å². The molecule has 0 fully saturated rings. The molecule has 0 saturated carbocycles. The quantitative estimate of drug-likeness (QED) is 0.769. The van der Waals surface area contributed by atoms with Crippen molar-refractivity contribution in [3.8, 4) is 0 Å². The second kappa shape index (κ2) is 7.23. The standard InChI is InChI=1S/C13H20N2S/c1-11(2)8-9-14-13(16)15-10-12-6-4-3-5-7-12/h3-7,11H,8-10H2,1-2H3,(H2,14,15,16). The largest absolute Gasteiger partial charge is 0.363 e. The highest BCUT2D eigenvalue weighted by Gasteiger charge is 1.97. The maximum atomic E-state index is 5.18. The minimum atomic E-state index is 0.712. The van der Waals surface area contributed by atoms with Gasteiger partial charge in [-0.25, -0.2) is 0 Å². The fourth-order valence-corrected chi connectivity index (χ4v) is 1.49. The first-order valence-electron chi connectivity index (χ1n) is 5.74. The molecule has 1 aromatic carbocycles. The van der Waals surface area contributed by atoms with Crippen LogP contribution in [0.1, 0.15) is 25.8 Å². The van der Waals surface area contributed by atoms with E-state index < -0.39 is 0 Å². The van der Waals surface area contributed by atoms with Crippen LogP contribution in [-0.4, -0.2) is 11.7 Å². The lowest BCUT2D eigenvalue weighted by Gasteiger charge is -2.11. The van der Waals surface area contributed by atoms with E-state index in [1.54, 1.807) is 0 Å². The minimum Gasteiger partial charge on any atom is -0.363 e. The van der Waals surface area contributed by atoms with E-state index in [-0.39, 0.29) is 0 Å². The number of thiocarbonyl (C=S) groups is 1. The van der Waals surface area contributed by atoms with E-state index in [2.05, 4.69) is 36.6 Å². The molecule has 0 aliphatic heterocycles. The number of hydrogen-bond acceptors (Lipinski definition) is 1. The van der Waals surface area contributed by atoms with Crippen molar-refractivity contribution >= 4 is 17.3 Å². The fourth-order valence-electron chi connectivity index (χ4n) is 1.32.